The normalized spacial score (nSPS) is 18.7. The summed E-state index contributed by atoms with van der Waals surface area (Å²) in [6.07, 6.45) is 0. The second kappa shape index (κ2) is 9.18. The summed E-state index contributed by atoms with van der Waals surface area (Å²) in [5, 5.41) is 2.11. The molecule has 3 aromatic rings. The van der Waals surface area contributed by atoms with Gasteiger partial charge in [-0.25, -0.2) is 8.42 Å². The maximum atomic E-state index is 13.6. The van der Waals surface area contributed by atoms with Crippen LogP contribution in [0.15, 0.2) is 98.0 Å². The molecule has 2 aliphatic heterocycles. The first-order valence-corrected chi connectivity index (χ1v) is 14.3. The summed E-state index contributed by atoms with van der Waals surface area (Å²) < 4.78 is 61.7. The predicted octanol–water partition coefficient (Wildman–Crippen LogP) is 2.75. The molecule has 188 valence electrons. The van der Waals surface area contributed by atoms with Crippen molar-refractivity contribution in [1.82, 2.24) is 5.32 Å². The number of fused-ring (bicyclic) bond motifs is 1. The molecule has 0 saturated carbocycles. The molecule has 0 unspecified atom stereocenters. The summed E-state index contributed by atoms with van der Waals surface area (Å²) in [5.41, 5.74) is 0.119. The van der Waals surface area contributed by atoms with Crippen LogP contribution in [0.25, 0.3) is 5.57 Å². The van der Waals surface area contributed by atoms with Crippen LogP contribution < -0.4 is 14.4 Å². The molecule has 0 atom stereocenters. The summed E-state index contributed by atoms with van der Waals surface area (Å²) in [5.74, 6) is -1.28. The highest BCUT2D eigenvalue weighted by Gasteiger charge is 2.45. The number of ether oxygens (including phenoxy) is 1. The Hall–Kier alpha value is -3.94. The Kier molecular flexibility index (Phi) is 6.14. The maximum absolute atomic E-state index is 13.6. The molecule has 0 bridgehead atoms. The van der Waals surface area contributed by atoms with Crippen molar-refractivity contribution in [3.8, 4) is 5.75 Å². The zero-order valence-electron chi connectivity index (χ0n) is 19.0. The Balaban J connectivity index is 1.58. The van der Waals surface area contributed by atoms with E-state index in [0.717, 1.165) is 0 Å². The number of benzene rings is 3. The number of para-hydroxylation sites is 1. The van der Waals surface area contributed by atoms with Gasteiger partial charge in [-0.05, 0) is 54.2 Å². The zero-order chi connectivity index (χ0) is 26.4. The topological polar surface area (TPSA) is 139 Å². The van der Waals surface area contributed by atoms with Crippen molar-refractivity contribution in [2.75, 3.05) is 11.4 Å². The van der Waals surface area contributed by atoms with Crippen LogP contribution >= 0.6 is 11.8 Å². The van der Waals surface area contributed by atoms with Gasteiger partial charge in [0.05, 0.1) is 33.1 Å². The second-order valence-corrected chi connectivity index (χ2v) is 12.1. The third-order valence-electron chi connectivity index (χ3n) is 5.48. The van der Waals surface area contributed by atoms with Crippen molar-refractivity contribution in [2.45, 2.75) is 9.79 Å². The van der Waals surface area contributed by atoms with Gasteiger partial charge in [-0.2, -0.15) is 12.7 Å². The summed E-state index contributed by atoms with van der Waals surface area (Å²) in [6, 6.07) is 19.1. The molecule has 2 amide bonds. The van der Waals surface area contributed by atoms with Gasteiger partial charge in [-0.3, -0.25) is 14.9 Å². The Morgan fingerprint density at radius 2 is 1.49 bits per heavy atom. The molecule has 2 heterocycles. The SMILES string of the molecule is COc1ccc(S(=O)(=O)N2C(=O)/C(=C3/S/C(=N/S(=O)(=O)c4ccccc4)NC3=O)c3ccccc32)cc1. The molecular weight excluding hydrogens is 538 g/mol. The molecule has 0 aliphatic carbocycles. The minimum Gasteiger partial charge on any atom is -0.497 e. The number of sulfonamides is 2. The predicted molar refractivity (Wildman–Crippen MR) is 138 cm³/mol. The van der Waals surface area contributed by atoms with Gasteiger partial charge in [0, 0.05) is 5.56 Å². The number of carbonyl (C=O) groups excluding carboxylic acids is 2. The number of rotatable bonds is 5. The number of anilines is 1. The van der Waals surface area contributed by atoms with E-state index in [-0.39, 0.29) is 36.7 Å². The summed E-state index contributed by atoms with van der Waals surface area (Å²) in [7, 11) is -7.05. The lowest BCUT2D eigenvalue weighted by molar-refractivity contribution is -0.116. The Bertz CT molecular complexity index is 1710. The molecule has 0 aromatic heterocycles. The fourth-order valence-corrected chi connectivity index (χ4v) is 7.29. The number of amides is 2. The molecule has 2 aliphatic rings. The van der Waals surface area contributed by atoms with E-state index in [9.17, 15) is 26.4 Å². The van der Waals surface area contributed by atoms with Gasteiger partial charge in [0.15, 0.2) is 5.17 Å². The lowest BCUT2D eigenvalue weighted by atomic mass is 10.1. The monoisotopic (exact) mass is 555 g/mol. The van der Waals surface area contributed by atoms with Crippen molar-refractivity contribution < 1.29 is 31.2 Å². The summed E-state index contributed by atoms with van der Waals surface area (Å²) in [4.78, 5) is 26.0. The van der Waals surface area contributed by atoms with Gasteiger partial charge in [0.1, 0.15) is 5.75 Å². The molecule has 13 heteroatoms. The van der Waals surface area contributed by atoms with E-state index in [1.54, 1.807) is 18.2 Å². The Labute approximate surface area is 216 Å². The molecular formula is C24H17N3O7S3. The third-order valence-corrected chi connectivity index (χ3v) is 9.58. The van der Waals surface area contributed by atoms with Crippen LogP contribution in [-0.4, -0.2) is 40.9 Å². The minimum atomic E-state index is -4.36. The minimum absolute atomic E-state index is 0.0708. The number of amidine groups is 1. The highest BCUT2D eigenvalue weighted by molar-refractivity contribution is 8.19. The van der Waals surface area contributed by atoms with Crippen LogP contribution in [0.2, 0.25) is 0 Å². The van der Waals surface area contributed by atoms with Crippen LogP contribution in [0.5, 0.6) is 5.75 Å². The average Bonchev–Trinajstić information content (AvgIpc) is 3.39. The van der Waals surface area contributed by atoms with Crippen LogP contribution in [0.4, 0.5) is 5.69 Å². The van der Waals surface area contributed by atoms with Crippen LogP contribution in [0.1, 0.15) is 5.56 Å². The number of nitrogens with zero attached hydrogens (tertiary/aromatic N) is 2. The van der Waals surface area contributed by atoms with E-state index in [1.807, 2.05) is 0 Å². The average molecular weight is 556 g/mol. The van der Waals surface area contributed by atoms with E-state index in [2.05, 4.69) is 9.71 Å². The number of methoxy groups -OCH3 is 1. The van der Waals surface area contributed by atoms with E-state index in [1.165, 1.54) is 67.8 Å². The lowest BCUT2D eigenvalue weighted by Crippen LogP contribution is -2.34. The molecule has 1 saturated heterocycles. The van der Waals surface area contributed by atoms with Crippen molar-refractivity contribution in [2.24, 2.45) is 4.40 Å². The molecule has 5 rings (SSSR count). The van der Waals surface area contributed by atoms with Crippen LogP contribution in [0.3, 0.4) is 0 Å². The number of carbonyl (C=O) groups is 2. The Morgan fingerprint density at radius 1 is 0.838 bits per heavy atom. The quantitative estimate of drug-likeness (QED) is 0.474. The fraction of sp³-hybridized carbons (Fsp3) is 0.0417. The lowest BCUT2D eigenvalue weighted by Gasteiger charge is -2.17. The number of nitrogens with one attached hydrogen (secondary N) is 1. The number of hydrogen-bond donors (Lipinski definition) is 1. The molecule has 0 radical (unpaired) electrons. The molecule has 1 N–H and O–H groups in total. The first-order valence-electron chi connectivity index (χ1n) is 10.6. The fourth-order valence-electron chi connectivity index (χ4n) is 3.78. The van der Waals surface area contributed by atoms with Gasteiger partial charge in [-0.15, -0.1) is 4.40 Å². The van der Waals surface area contributed by atoms with Crippen molar-refractivity contribution in [3.05, 3.63) is 89.3 Å². The number of hydrogen-bond acceptors (Lipinski definition) is 8. The highest BCUT2D eigenvalue weighted by atomic mass is 32.2. The molecule has 37 heavy (non-hydrogen) atoms. The smallest absolute Gasteiger partial charge is 0.284 e. The standard InChI is InChI=1S/C24H17N3O7S3/c1-34-15-11-13-17(14-12-15)37(32,33)27-19-10-6-5-9-18(19)20(23(27)29)21-22(28)25-24(35-21)26-36(30,31)16-7-3-2-4-8-16/h2-14H,1H3,(H,25,26,28)/b21-20+. The van der Waals surface area contributed by atoms with Gasteiger partial charge in [0.2, 0.25) is 0 Å². The van der Waals surface area contributed by atoms with E-state index in [0.29, 0.717) is 21.8 Å². The van der Waals surface area contributed by atoms with Crippen molar-refractivity contribution in [1.29, 1.82) is 0 Å². The number of thioether (sulfide) groups is 1. The summed E-state index contributed by atoms with van der Waals surface area (Å²) >= 11 is 0.649. The highest BCUT2D eigenvalue weighted by Crippen LogP contribution is 2.45. The summed E-state index contributed by atoms with van der Waals surface area (Å²) in [6.45, 7) is 0. The largest absolute Gasteiger partial charge is 0.497 e. The first-order chi connectivity index (χ1) is 17.6. The van der Waals surface area contributed by atoms with E-state index < -0.39 is 31.9 Å². The van der Waals surface area contributed by atoms with Gasteiger partial charge in [0.25, 0.3) is 31.9 Å². The van der Waals surface area contributed by atoms with E-state index in [4.69, 9.17) is 4.74 Å². The Morgan fingerprint density at radius 3 is 2.16 bits per heavy atom. The molecule has 10 nitrogen and oxygen atoms in total. The van der Waals surface area contributed by atoms with Crippen molar-refractivity contribution >= 4 is 60.1 Å². The van der Waals surface area contributed by atoms with Crippen molar-refractivity contribution in [3.63, 3.8) is 0 Å². The second-order valence-electron chi connectivity index (χ2n) is 7.71. The van der Waals surface area contributed by atoms with Crippen LogP contribution in [0, 0.1) is 0 Å². The van der Waals surface area contributed by atoms with Gasteiger partial charge < -0.3 is 4.74 Å². The molecule has 0 spiro atoms. The van der Waals surface area contributed by atoms with Crippen LogP contribution in [-0.2, 0) is 29.6 Å². The maximum Gasteiger partial charge on any atom is 0.284 e. The zero-order valence-corrected chi connectivity index (χ0v) is 21.4. The molecule has 3 aromatic carbocycles. The van der Waals surface area contributed by atoms with E-state index >= 15 is 0 Å². The third kappa shape index (κ3) is 4.30. The molecule has 1 fully saturated rings. The first kappa shape index (κ1) is 24.7. The van der Waals surface area contributed by atoms with Gasteiger partial charge >= 0.3 is 0 Å². The van der Waals surface area contributed by atoms with Gasteiger partial charge in [-0.1, -0.05) is 36.4 Å².